The van der Waals surface area contributed by atoms with Gasteiger partial charge in [0.2, 0.25) is 0 Å². The van der Waals surface area contributed by atoms with Gasteiger partial charge in [-0.05, 0) is 25.1 Å². The first-order valence-corrected chi connectivity index (χ1v) is 10.2. The molecule has 0 spiro atoms. The van der Waals surface area contributed by atoms with Gasteiger partial charge in [0, 0.05) is 29.9 Å². The van der Waals surface area contributed by atoms with Crippen molar-refractivity contribution in [2.75, 3.05) is 5.32 Å². The van der Waals surface area contributed by atoms with Crippen molar-refractivity contribution in [2.24, 2.45) is 0 Å². The standard InChI is InChI=1S/C24H20FN5O2/c1-16-4-2-6-18(12-16)23-21(26-15-32-23)24(31)28-19-13-27-30(14-19)11-10-29-9-8-17-5-3-7-20(25)22(17)29/h2-9,12-15H,10-11H2,1H3,(H,28,31). The van der Waals surface area contributed by atoms with E-state index in [1.165, 1.54) is 12.5 Å². The number of halogens is 1. The lowest BCUT2D eigenvalue weighted by molar-refractivity contribution is 0.102. The number of anilines is 1. The topological polar surface area (TPSA) is 77.9 Å². The molecular weight excluding hydrogens is 409 g/mol. The number of amides is 1. The van der Waals surface area contributed by atoms with Gasteiger partial charge in [-0.2, -0.15) is 5.10 Å². The number of carbonyl (C=O) groups excluding carboxylic acids is 1. The minimum Gasteiger partial charge on any atom is -0.443 e. The van der Waals surface area contributed by atoms with E-state index in [9.17, 15) is 9.18 Å². The van der Waals surface area contributed by atoms with Crippen LogP contribution in [0.2, 0.25) is 0 Å². The third-order valence-electron chi connectivity index (χ3n) is 5.26. The van der Waals surface area contributed by atoms with Crippen LogP contribution in [0, 0.1) is 12.7 Å². The van der Waals surface area contributed by atoms with Gasteiger partial charge in [0.15, 0.2) is 17.8 Å². The summed E-state index contributed by atoms with van der Waals surface area (Å²) < 4.78 is 23.2. The molecule has 2 aromatic carbocycles. The Balaban J connectivity index is 1.28. The first kappa shape index (κ1) is 19.7. The number of oxazole rings is 1. The van der Waals surface area contributed by atoms with Gasteiger partial charge in [-0.15, -0.1) is 0 Å². The Morgan fingerprint density at radius 2 is 2.03 bits per heavy atom. The number of nitrogens with zero attached hydrogens (tertiary/aromatic N) is 4. The number of para-hydroxylation sites is 1. The third kappa shape index (κ3) is 3.78. The van der Waals surface area contributed by atoms with Crippen LogP contribution in [0.4, 0.5) is 10.1 Å². The second-order valence-corrected chi connectivity index (χ2v) is 7.53. The zero-order valence-corrected chi connectivity index (χ0v) is 17.3. The quantitative estimate of drug-likeness (QED) is 0.417. The molecule has 8 heteroatoms. The average molecular weight is 429 g/mol. The predicted molar refractivity (Wildman–Crippen MR) is 119 cm³/mol. The van der Waals surface area contributed by atoms with Crippen LogP contribution >= 0.6 is 0 Å². The molecule has 32 heavy (non-hydrogen) atoms. The van der Waals surface area contributed by atoms with Gasteiger partial charge < -0.3 is 14.3 Å². The predicted octanol–water partition coefficient (Wildman–Crippen LogP) is 4.89. The van der Waals surface area contributed by atoms with Gasteiger partial charge in [0.05, 0.1) is 23.9 Å². The first-order chi connectivity index (χ1) is 15.6. The number of carbonyl (C=O) groups is 1. The molecule has 160 valence electrons. The molecule has 0 aliphatic rings. The van der Waals surface area contributed by atoms with E-state index in [2.05, 4.69) is 15.4 Å². The Morgan fingerprint density at radius 3 is 2.91 bits per heavy atom. The van der Waals surface area contributed by atoms with Gasteiger partial charge >= 0.3 is 0 Å². The molecule has 1 amide bonds. The maximum absolute atomic E-state index is 14.2. The summed E-state index contributed by atoms with van der Waals surface area (Å²) in [6.45, 7) is 3.03. The molecule has 0 bridgehead atoms. The average Bonchev–Trinajstić information content (AvgIpc) is 3.52. The van der Waals surface area contributed by atoms with E-state index in [1.807, 2.05) is 54.1 Å². The van der Waals surface area contributed by atoms with Crippen molar-refractivity contribution in [1.29, 1.82) is 0 Å². The third-order valence-corrected chi connectivity index (χ3v) is 5.26. The van der Waals surface area contributed by atoms with Crippen molar-refractivity contribution in [3.05, 3.63) is 90.6 Å². The number of aryl methyl sites for hydroxylation is 3. The molecule has 0 saturated carbocycles. The minimum atomic E-state index is -0.381. The lowest BCUT2D eigenvalue weighted by Gasteiger charge is -2.06. The molecule has 0 radical (unpaired) electrons. The monoisotopic (exact) mass is 429 g/mol. The van der Waals surface area contributed by atoms with Gasteiger partial charge in [-0.3, -0.25) is 9.48 Å². The van der Waals surface area contributed by atoms with Crippen molar-refractivity contribution in [3.63, 3.8) is 0 Å². The summed E-state index contributed by atoms with van der Waals surface area (Å²) in [6.07, 6.45) is 6.42. The zero-order valence-electron chi connectivity index (χ0n) is 17.3. The molecule has 1 N–H and O–H groups in total. The number of hydrogen-bond acceptors (Lipinski definition) is 4. The summed E-state index contributed by atoms with van der Waals surface area (Å²) in [4.78, 5) is 16.9. The molecule has 7 nitrogen and oxygen atoms in total. The van der Waals surface area contributed by atoms with Crippen molar-refractivity contribution in [3.8, 4) is 11.3 Å². The molecule has 5 rings (SSSR count). The van der Waals surface area contributed by atoms with E-state index in [1.54, 1.807) is 23.1 Å². The summed E-state index contributed by atoms with van der Waals surface area (Å²) in [7, 11) is 0. The Kier molecular flexibility index (Phi) is 5.03. The SMILES string of the molecule is Cc1cccc(-c2ocnc2C(=O)Nc2cnn(CCn3ccc4cccc(F)c43)c2)c1. The molecule has 3 heterocycles. The molecule has 0 atom stereocenters. The molecule has 0 fully saturated rings. The second kappa shape index (κ2) is 8.14. The largest absolute Gasteiger partial charge is 0.443 e. The summed E-state index contributed by atoms with van der Waals surface area (Å²) in [6, 6.07) is 14.6. The highest BCUT2D eigenvalue weighted by molar-refractivity contribution is 6.06. The van der Waals surface area contributed by atoms with Crippen molar-refractivity contribution >= 4 is 22.5 Å². The lowest BCUT2D eigenvalue weighted by atomic mass is 10.1. The molecule has 5 aromatic rings. The maximum atomic E-state index is 14.2. The van der Waals surface area contributed by atoms with E-state index in [-0.39, 0.29) is 17.4 Å². The fourth-order valence-electron chi connectivity index (χ4n) is 3.75. The van der Waals surface area contributed by atoms with Gasteiger partial charge in [-0.1, -0.05) is 35.9 Å². The van der Waals surface area contributed by atoms with Crippen LogP contribution in [-0.4, -0.2) is 25.2 Å². The van der Waals surface area contributed by atoms with Crippen LogP contribution in [0.5, 0.6) is 0 Å². The van der Waals surface area contributed by atoms with Crippen LogP contribution in [-0.2, 0) is 13.1 Å². The highest BCUT2D eigenvalue weighted by atomic mass is 19.1. The minimum absolute atomic E-state index is 0.206. The summed E-state index contributed by atoms with van der Waals surface area (Å²) >= 11 is 0. The summed E-state index contributed by atoms with van der Waals surface area (Å²) in [5.41, 5.74) is 3.16. The highest BCUT2D eigenvalue weighted by Gasteiger charge is 2.19. The molecule has 0 saturated heterocycles. The fourth-order valence-corrected chi connectivity index (χ4v) is 3.75. The van der Waals surface area contributed by atoms with Gasteiger partial charge in [0.25, 0.3) is 5.91 Å². The summed E-state index contributed by atoms with van der Waals surface area (Å²) in [5.74, 6) is -0.216. The zero-order chi connectivity index (χ0) is 22.1. The summed E-state index contributed by atoms with van der Waals surface area (Å²) in [5, 5.41) is 7.96. The number of nitrogens with one attached hydrogen (secondary N) is 1. The Hall–Kier alpha value is -4.20. The normalized spacial score (nSPS) is 11.2. The van der Waals surface area contributed by atoms with Crippen molar-refractivity contribution < 1.29 is 13.6 Å². The van der Waals surface area contributed by atoms with E-state index in [4.69, 9.17) is 4.42 Å². The van der Waals surface area contributed by atoms with E-state index < -0.39 is 0 Å². The fraction of sp³-hybridized carbons (Fsp3) is 0.125. The van der Waals surface area contributed by atoms with E-state index in [0.717, 1.165) is 16.5 Å². The van der Waals surface area contributed by atoms with E-state index in [0.29, 0.717) is 30.1 Å². The number of aromatic nitrogens is 4. The van der Waals surface area contributed by atoms with Crippen LogP contribution in [0.15, 0.2) is 77.9 Å². The molecule has 0 aliphatic carbocycles. The smallest absolute Gasteiger partial charge is 0.278 e. The number of benzene rings is 2. The van der Waals surface area contributed by atoms with E-state index >= 15 is 0 Å². The van der Waals surface area contributed by atoms with Crippen LogP contribution < -0.4 is 5.32 Å². The van der Waals surface area contributed by atoms with Crippen LogP contribution in [0.1, 0.15) is 16.1 Å². The highest BCUT2D eigenvalue weighted by Crippen LogP contribution is 2.25. The number of rotatable bonds is 6. The molecule has 0 unspecified atom stereocenters. The van der Waals surface area contributed by atoms with Crippen LogP contribution in [0.25, 0.3) is 22.2 Å². The van der Waals surface area contributed by atoms with Crippen LogP contribution in [0.3, 0.4) is 0 Å². The number of hydrogen-bond donors (Lipinski definition) is 1. The maximum Gasteiger partial charge on any atom is 0.278 e. The molecule has 3 aromatic heterocycles. The molecule has 0 aliphatic heterocycles. The van der Waals surface area contributed by atoms with Crippen molar-refractivity contribution in [1.82, 2.24) is 19.3 Å². The van der Waals surface area contributed by atoms with Crippen molar-refractivity contribution in [2.45, 2.75) is 20.0 Å². The van der Waals surface area contributed by atoms with Gasteiger partial charge in [0.1, 0.15) is 5.82 Å². The first-order valence-electron chi connectivity index (χ1n) is 10.2. The molecular formula is C24H20FN5O2. The Morgan fingerprint density at radius 1 is 1.16 bits per heavy atom. The Bertz CT molecular complexity index is 1410. The second-order valence-electron chi connectivity index (χ2n) is 7.53. The van der Waals surface area contributed by atoms with Gasteiger partial charge in [-0.25, -0.2) is 9.37 Å². The number of fused-ring (bicyclic) bond motifs is 1. The lowest BCUT2D eigenvalue weighted by Crippen LogP contribution is -2.13. The Labute approximate surface area is 183 Å².